The molecule has 0 atom stereocenters. The normalized spacial score (nSPS) is 16.1. The van der Waals surface area contributed by atoms with Crippen molar-refractivity contribution in [3.63, 3.8) is 0 Å². The van der Waals surface area contributed by atoms with Crippen molar-refractivity contribution in [3.8, 4) is 0 Å². The number of carbonyl (C=O) groups is 1. The molecule has 1 amide bonds. The van der Waals surface area contributed by atoms with Gasteiger partial charge in [0, 0.05) is 45.3 Å². The zero-order chi connectivity index (χ0) is 20.7. The maximum atomic E-state index is 12.8. The summed E-state index contributed by atoms with van der Waals surface area (Å²) in [5, 5.41) is 11.2. The van der Waals surface area contributed by atoms with E-state index in [1.807, 2.05) is 23.6 Å². The minimum absolute atomic E-state index is 0.0544. The van der Waals surface area contributed by atoms with Gasteiger partial charge in [0.25, 0.3) is 5.69 Å². The van der Waals surface area contributed by atoms with E-state index in [1.165, 1.54) is 28.6 Å². The lowest BCUT2D eigenvalue weighted by atomic mass is 10.3. The Morgan fingerprint density at radius 1 is 1.11 bits per heavy atom. The topological polar surface area (TPSA) is 104 Å². The van der Waals surface area contributed by atoms with Crippen LogP contribution >= 0.6 is 0 Å². The van der Waals surface area contributed by atoms with Crippen LogP contribution in [-0.2, 0) is 14.8 Å². The third-order valence-electron chi connectivity index (χ3n) is 4.71. The van der Waals surface area contributed by atoms with Gasteiger partial charge < -0.3 is 4.90 Å². The molecule has 0 aliphatic carbocycles. The maximum Gasteiger partial charge on any atom is 0.289 e. The van der Waals surface area contributed by atoms with Gasteiger partial charge >= 0.3 is 0 Å². The first-order valence-corrected chi connectivity index (χ1v) is 11.0. The number of rotatable bonds is 9. The minimum Gasteiger partial charge on any atom is -0.342 e. The Morgan fingerprint density at radius 3 is 2.21 bits per heavy atom. The summed E-state index contributed by atoms with van der Waals surface area (Å²) in [5.41, 5.74) is -0.421. The molecule has 1 aromatic carbocycles. The molecular weight excluding hydrogens is 384 g/mol. The molecule has 1 aliphatic heterocycles. The van der Waals surface area contributed by atoms with Crippen molar-refractivity contribution < 1.29 is 18.1 Å². The van der Waals surface area contributed by atoms with Crippen LogP contribution in [0.15, 0.2) is 29.2 Å². The van der Waals surface area contributed by atoms with E-state index in [4.69, 9.17) is 0 Å². The highest BCUT2D eigenvalue weighted by Gasteiger charge is 2.34. The number of hydrogen-bond donors (Lipinski definition) is 0. The van der Waals surface area contributed by atoms with Gasteiger partial charge in [0.15, 0.2) is 4.90 Å². The summed E-state index contributed by atoms with van der Waals surface area (Å²) in [4.78, 5) is 26.5. The maximum absolute atomic E-state index is 12.8. The van der Waals surface area contributed by atoms with Crippen LogP contribution in [0, 0.1) is 10.1 Å². The number of amides is 1. The molecule has 28 heavy (non-hydrogen) atoms. The zero-order valence-corrected chi connectivity index (χ0v) is 17.2. The van der Waals surface area contributed by atoms with Crippen molar-refractivity contribution in [2.45, 2.75) is 31.6 Å². The van der Waals surface area contributed by atoms with E-state index < -0.39 is 20.6 Å². The largest absolute Gasteiger partial charge is 0.342 e. The monoisotopic (exact) mass is 412 g/mol. The van der Waals surface area contributed by atoms with Crippen LogP contribution in [0.4, 0.5) is 5.69 Å². The molecule has 156 valence electrons. The number of benzene rings is 1. The number of piperazine rings is 1. The number of carbonyl (C=O) groups excluding carboxylic acids is 1. The first-order valence-electron chi connectivity index (χ1n) is 9.55. The molecule has 0 N–H and O–H groups in total. The third kappa shape index (κ3) is 5.27. The fraction of sp³-hybridized carbons (Fsp3) is 0.611. The predicted octanol–water partition coefficient (Wildman–Crippen LogP) is 1.55. The van der Waals surface area contributed by atoms with E-state index in [0.717, 1.165) is 25.9 Å². The summed E-state index contributed by atoms with van der Waals surface area (Å²) in [5.74, 6) is 0.0544. The minimum atomic E-state index is -3.95. The third-order valence-corrected chi connectivity index (χ3v) is 6.66. The van der Waals surface area contributed by atoms with E-state index in [0.29, 0.717) is 13.1 Å². The number of nitrogens with zero attached hydrogens (tertiary/aromatic N) is 4. The highest BCUT2D eigenvalue weighted by molar-refractivity contribution is 7.89. The summed E-state index contributed by atoms with van der Waals surface area (Å²) in [6.45, 7) is 6.99. The molecular formula is C18H28N4O5S. The second kappa shape index (κ2) is 9.94. The summed E-state index contributed by atoms with van der Waals surface area (Å²) in [7, 11) is -3.95. The Balaban J connectivity index is 2.02. The van der Waals surface area contributed by atoms with E-state index in [-0.39, 0.29) is 30.4 Å². The van der Waals surface area contributed by atoms with Gasteiger partial charge in [-0.3, -0.25) is 19.8 Å². The Kier molecular flexibility index (Phi) is 7.90. The van der Waals surface area contributed by atoms with Crippen LogP contribution in [0.1, 0.15) is 26.7 Å². The molecule has 1 aromatic rings. The number of nitro groups is 1. The van der Waals surface area contributed by atoms with Crippen molar-refractivity contribution in [2.75, 3.05) is 45.8 Å². The van der Waals surface area contributed by atoms with Crippen molar-refractivity contribution >= 4 is 21.6 Å². The van der Waals surface area contributed by atoms with Crippen LogP contribution in [0.25, 0.3) is 0 Å². The second-order valence-electron chi connectivity index (χ2n) is 6.79. The molecule has 0 radical (unpaired) electrons. The van der Waals surface area contributed by atoms with Gasteiger partial charge in [0.05, 0.1) is 11.5 Å². The smallest absolute Gasteiger partial charge is 0.289 e. The molecule has 1 aliphatic rings. The Morgan fingerprint density at radius 2 is 1.68 bits per heavy atom. The molecule has 0 saturated carbocycles. The Bertz CT molecular complexity index is 785. The molecule has 1 saturated heterocycles. The summed E-state index contributed by atoms with van der Waals surface area (Å²) < 4.78 is 27.0. The van der Waals surface area contributed by atoms with Gasteiger partial charge in [-0.05, 0) is 18.9 Å². The fourth-order valence-corrected chi connectivity index (χ4v) is 4.87. The van der Waals surface area contributed by atoms with E-state index in [2.05, 4.69) is 0 Å². The van der Waals surface area contributed by atoms with Gasteiger partial charge in [-0.25, -0.2) is 8.42 Å². The Labute approximate surface area is 166 Å². The summed E-state index contributed by atoms with van der Waals surface area (Å²) in [6.07, 6.45) is 1.79. The molecule has 0 bridgehead atoms. The van der Waals surface area contributed by atoms with Crippen LogP contribution in [0.2, 0.25) is 0 Å². The molecule has 0 unspecified atom stereocenters. The van der Waals surface area contributed by atoms with Crippen LogP contribution in [0.5, 0.6) is 0 Å². The van der Waals surface area contributed by atoms with Gasteiger partial charge in [-0.2, -0.15) is 4.31 Å². The zero-order valence-electron chi connectivity index (χ0n) is 16.4. The van der Waals surface area contributed by atoms with Crippen molar-refractivity contribution in [2.24, 2.45) is 0 Å². The fourth-order valence-electron chi connectivity index (χ4n) is 3.29. The summed E-state index contributed by atoms with van der Waals surface area (Å²) in [6, 6.07) is 5.37. The molecule has 0 aromatic heterocycles. The van der Waals surface area contributed by atoms with Gasteiger partial charge in [0.2, 0.25) is 15.9 Å². The molecule has 2 rings (SSSR count). The predicted molar refractivity (Wildman–Crippen MR) is 105 cm³/mol. The van der Waals surface area contributed by atoms with Crippen molar-refractivity contribution in [1.29, 1.82) is 0 Å². The molecule has 9 nitrogen and oxygen atoms in total. The Hall–Kier alpha value is -2.04. The highest BCUT2D eigenvalue weighted by atomic mass is 32.2. The van der Waals surface area contributed by atoms with Gasteiger partial charge in [-0.1, -0.05) is 26.0 Å². The van der Waals surface area contributed by atoms with Crippen molar-refractivity contribution in [1.82, 2.24) is 14.1 Å². The molecule has 1 fully saturated rings. The molecule has 1 heterocycles. The average Bonchev–Trinajstić information content (AvgIpc) is 2.68. The van der Waals surface area contributed by atoms with Gasteiger partial charge in [-0.15, -0.1) is 0 Å². The number of nitro benzene ring substituents is 1. The first-order chi connectivity index (χ1) is 13.3. The molecule has 0 spiro atoms. The number of para-hydroxylation sites is 1. The summed E-state index contributed by atoms with van der Waals surface area (Å²) >= 11 is 0. The SMILES string of the molecule is CCCN(CCC)C(=O)CN1CCN(S(=O)(=O)c2ccccc2[N+](=O)[O-])CC1. The van der Waals surface area contributed by atoms with Crippen LogP contribution < -0.4 is 0 Å². The average molecular weight is 413 g/mol. The standard InChI is InChI=1S/C18H28N4O5S/c1-3-9-20(10-4-2)18(23)15-19-11-13-21(14-12-19)28(26,27)17-8-6-5-7-16(17)22(24)25/h5-8H,3-4,9-15H2,1-2H3. The quantitative estimate of drug-likeness (QED) is 0.450. The van der Waals surface area contributed by atoms with Crippen molar-refractivity contribution in [3.05, 3.63) is 34.4 Å². The van der Waals surface area contributed by atoms with Gasteiger partial charge in [0.1, 0.15) is 0 Å². The number of sulfonamides is 1. The lowest BCUT2D eigenvalue weighted by Crippen LogP contribution is -2.51. The molecule has 10 heteroatoms. The van der Waals surface area contributed by atoms with E-state index in [9.17, 15) is 23.3 Å². The highest BCUT2D eigenvalue weighted by Crippen LogP contribution is 2.26. The van der Waals surface area contributed by atoms with Crippen LogP contribution in [-0.4, -0.2) is 79.2 Å². The lowest BCUT2D eigenvalue weighted by Gasteiger charge is -2.34. The first kappa shape index (κ1) is 22.3. The van der Waals surface area contributed by atoms with E-state index >= 15 is 0 Å². The lowest BCUT2D eigenvalue weighted by molar-refractivity contribution is -0.387. The van der Waals surface area contributed by atoms with Crippen LogP contribution in [0.3, 0.4) is 0 Å². The van der Waals surface area contributed by atoms with E-state index in [1.54, 1.807) is 0 Å². The second-order valence-corrected chi connectivity index (χ2v) is 8.69. The number of hydrogen-bond acceptors (Lipinski definition) is 6.